The molecule has 0 fully saturated rings. The molecule has 1 aromatic rings. The lowest BCUT2D eigenvalue weighted by atomic mass is 10.3. The number of aromatic nitrogens is 1. The van der Waals surface area contributed by atoms with E-state index >= 15 is 0 Å². The molecular weight excluding hydrogens is 241 g/mol. The third-order valence-electron chi connectivity index (χ3n) is 1.23. The van der Waals surface area contributed by atoms with Gasteiger partial charge in [0, 0.05) is 13.3 Å². The highest BCUT2D eigenvalue weighted by Crippen LogP contribution is 2.05. The second-order valence-corrected chi connectivity index (χ2v) is 3.22. The molecule has 1 aromatic heterocycles. The second-order valence-electron chi connectivity index (χ2n) is 2.14. The monoisotopic (exact) mass is 251 g/mol. The van der Waals surface area contributed by atoms with Crippen molar-refractivity contribution in [2.75, 3.05) is 4.43 Å². The number of aryl methyl sites for hydroxylation is 2. The summed E-state index contributed by atoms with van der Waals surface area (Å²) in [6.07, 6.45) is 4.00. The van der Waals surface area contributed by atoms with Gasteiger partial charge in [0.15, 0.2) is 5.89 Å². The van der Waals surface area contributed by atoms with E-state index in [0.717, 1.165) is 18.1 Å². The molecule has 0 N–H and O–H groups in total. The van der Waals surface area contributed by atoms with Gasteiger partial charge in [-0.3, -0.25) is 0 Å². The van der Waals surface area contributed by atoms with Crippen LogP contribution in [-0.4, -0.2) is 9.41 Å². The number of nitrogens with zero attached hydrogens (tertiary/aromatic N) is 1. The zero-order valence-corrected chi connectivity index (χ0v) is 8.09. The van der Waals surface area contributed by atoms with Crippen LogP contribution < -0.4 is 0 Å². The molecule has 0 aromatic carbocycles. The van der Waals surface area contributed by atoms with Gasteiger partial charge in [0.1, 0.15) is 5.76 Å². The van der Waals surface area contributed by atoms with Crippen molar-refractivity contribution < 1.29 is 4.42 Å². The van der Waals surface area contributed by atoms with Crippen molar-refractivity contribution in [3.8, 4) is 0 Å². The molecule has 0 spiro atoms. The summed E-state index contributed by atoms with van der Waals surface area (Å²) in [4.78, 5) is 4.00. The van der Waals surface area contributed by atoms with Crippen molar-refractivity contribution in [3.05, 3.63) is 17.8 Å². The third-order valence-corrected chi connectivity index (χ3v) is 1.99. The van der Waals surface area contributed by atoms with Crippen LogP contribution in [0.1, 0.15) is 18.1 Å². The first-order chi connectivity index (χ1) is 4.83. The summed E-state index contributed by atoms with van der Waals surface area (Å²) < 4.78 is 6.45. The molecule has 0 aliphatic rings. The van der Waals surface area contributed by atoms with E-state index in [-0.39, 0.29) is 0 Å². The molecule has 0 unspecified atom stereocenters. The molecule has 2 nitrogen and oxygen atoms in total. The largest absolute Gasteiger partial charge is 0.446 e. The van der Waals surface area contributed by atoms with Crippen molar-refractivity contribution in [2.45, 2.75) is 19.8 Å². The summed E-state index contributed by atoms with van der Waals surface area (Å²) in [5, 5.41) is 0. The fraction of sp³-hybridized carbons (Fsp3) is 0.571. The van der Waals surface area contributed by atoms with Crippen molar-refractivity contribution in [1.82, 2.24) is 4.98 Å². The zero-order valence-electron chi connectivity index (χ0n) is 5.93. The smallest absolute Gasteiger partial charge is 0.191 e. The summed E-state index contributed by atoms with van der Waals surface area (Å²) in [7, 11) is 0. The Balaban J connectivity index is 2.42. The first kappa shape index (κ1) is 8.04. The molecule has 10 heavy (non-hydrogen) atoms. The average molecular weight is 251 g/mol. The van der Waals surface area contributed by atoms with Crippen LogP contribution in [0.15, 0.2) is 10.6 Å². The molecule has 1 rings (SSSR count). The maximum Gasteiger partial charge on any atom is 0.191 e. The highest BCUT2D eigenvalue weighted by atomic mass is 127. The number of hydrogen-bond donors (Lipinski definition) is 0. The minimum absolute atomic E-state index is 0.767. The molecule has 0 bridgehead atoms. The van der Waals surface area contributed by atoms with Gasteiger partial charge in [0.05, 0.1) is 6.20 Å². The van der Waals surface area contributed by atoms with Crippen molar-refractivity contribution >= 4 is 22.6 Å². The van der Waals surface area contributed by atoms with Gasteiger partial charge in [-0.2, -0.15) is 0 Å². The minimum atomic E-state index is 0.767. The van der Waals surface area contributed by atoms with E-state index in [4.69, 9.17) is 4.42 Å². The maximum atomic E-state index is 5.27. The number of hydrogen-bond acceptors (Lipinski definition) is 2. The van der Waals surface area contributed by atoms with Gasteiger partial charge >= 0.3 is 0 Å². The topological polar surface area (TPSA) is 26.0 Å². The Kier molecular flexibility index (Phi) is 3.18. The number of oxazole rings is 1. The molecule has 0 amide bonds. The van der Waals surface area contributed by atoms with E-state index in [1.165, 1.54) is 10.8 Å². The molecule has 0 aliphatic heterocycles. The predicted molar refractivity (Wildman–Crippen MR) is 48.4 cm³/mol. The van der Waals surface area contributed by atoms with Gasteiger partial charge in [-0.25, -0.2) is 4.98 Å². The fourth-order valence-electron chi connectivity index (χ4n) is 0.762. The Morgan fingerprint density at radius 2 is 2.50 bits per heavy atom. The van der Waals surface area contributed by atoms with Crippen LogP contribution in [0.2, 0.25) is 0 Å². The number of alkyl halides is 1. The third kappa shape index (κ3) is 2.28. The van der Waals surface area contributed by atoms with Crippen molar-refractivity contribution in [3.63, 3.8) is 0 Å². The quantitative estimate of drug-likeness (QED) is 0.608. The Hall–Kier alpha value is -0.0600. The summed E-state index contributed by atoms with van der Waals surface area (Å²) in [5.41, 5.74) is 0. The predicted octanol–water partition coefficient (Wildman–Crippen LogP) is 2.35. The van der Waals surface area contributed by atoms with Crippen LogP contribution in [0, 0.1) is 6.92 Å². The van der Waals surface area contributed by atoms with Crippen LogP contribution >= 0.6 is 22.6 Å². The highest BCUT2D eigenvalue weighted by Gasteiger charge is 1.97. The lowest BCUT2D eigenvalue weighted by Gasteiger charge is -1.89. The Morgan fingerprint density at radius 3 is 3.00 bits per heavy atom. The van der Waals surface area contributed by atoms with E-state index in [1.807, 2.05) is 13.1 Å². The normalized spacial score (nSPS) is 10.2. The van der Waals surface area contributed by atoms with Gasteiger partial charge in [0.25, 0.3) is 0 Å². The second kappa shape index (κ2) is 3.95. The number of rotatable bonds is 3. The van der Waals surface area contributed by atoms with Gasteiger partial charge in [-0.05, 0) is 10.8 Å². The molecular formula is C7H10INO. The lowest BCUT2D eigenvalue weighted by Crippen LogP contribution is -1.80. The fourth-order valence-corrected chi connectivity index (χ4v) is 1.14. The number of halogens is 1. The SMILES string of the molecule is Cc1ncc(CCCI)o1. The van der Waals surface area contributed by atoms with Crippen molar-refractivity contribution in [2.24, 2.45) is 0 Å². The van der Waals surface area contributed by atoms with Gasteiger partial charge in [-0.1, -0.05) is 22.6 Å². The molecule has 56 valence electrons. The summed E-state index contributed by atoms with van der Waals surface area (Å²) in [5.74, 6) is 1.78. The molecule has 0 aliphatic carbocycles. The van der Waals surface area contributed by atoms with Crippen LogP contribution in [0.3, 0.4) is 0 Å². The average Bonchev–Trinajstić information content (AvgIpc) is 2.31. The zero-order chi connectivity index (χ0) is 7.40. The Bertz CT molecular complexity index is 197. The van der Waals surface area contributed by atoms with Crippen LogP contribution in [0.5, 0.6) is 0 Å². The first-order valence-electron chi connectivity index (χ1n) is 3.30. The molecule has 0 saturated carbocycles. The van der Waals surface area contributed by atoms with E-state index < -0.39 is 0 Å². The van der Waals surface area contributed by atoms with E-state index in [0.29, 0.717) is 0 Å². The highest BCUT2D eigenvalue weighted by molar-refractivity contribution is 14.1. The lowest BCUT2D eigenvalue weighted by molar-refractivity contribution is 0.473. The van der Waals surface area contributed by atoms with Gasteiger partial charge in [0.2, 0.25) is 0 Å². The maximum absolute atomic E-state index is 5.27. The molecule has 0 saturated heterocycles. The van der Waals surface area contributed by atoms with Gasteiger partial charge < -0.3 is 4.42 Å². The Morgan fingerprint density at radius 1 is 1.70 bits per heavy atom. The molecule has 0 atom stereocenters. The molecule has 1 heterocycles. The van der Waals surface area contributed by atoms with Crippen molar-refractivity contribution in [1.29, 1.82) is 0 Å². The van der Waals surface area contributed by atoms with Crippen LogP contribution in [0.25, 0.3) is 0 Å². The van der Waals surface area contributed by atoms with Crippen LogP contribution in [0.4, 0.5) is 0 Å². The molecule has 3 heteroatoms. The summed E-state index contributed by atoms with van der Waals surface area (Å²) in [6, 6.07) is 0. The van der Waals surface area contributed by atoms with E-state index in [1.54, 1.807) is 0 Å². The van der Waals surface area contributed by atoms with E-state index in [2.05, 4.69) is 27.6 Å². The summed E-state index contributed by atoms with van der Waals surface area (Å²) >= 11 is 2.36. The Labute approximate surface area is 74.2 Å². The van der Waals surface area contributed by atoms with E-state index in [9.17, 15) is 0 Å². The molecule has 0 radical (unpaired) electrons. The minimum Gasteiger partial charge on any atom is -0.446 e. The summed E-state index contributed by atoms with van der Waals surface area (Å²) in [6.45, 7) is 1.87. The first-order valence-corrected chi connectivity index (χ1v) is 4.83. The van der Waals surface area contributed by atoms with Crippen LogP contribution in [-0.2, 0) is 6.42 Å². The standard InChI is InChI=1S/C7H10INO/c1-6-9-5-7(10-6)3-2-4-8/h5H,2-4H2,1H3. The van der Waals surface area contributed by atoms with Gasteiger partial charge in [-0.15, -0.1) is 0 Å².